The van der Waals surface area contributed by atoms with Crippen molar-refractivity contribution in [1.82, 2.24) is 0 Å². The quantitative estimate of drug-likeness (QED) is 0.718. The highest BCUT2D eigenvalue weighted by Crippen LogP contribution is 2.31. The first-order valence-corrected chi connectivity index (χ1v) is 5.59. The van der Waals surface area contributed by atoms with Crippen molar-refractivity contribution < 1.29 is 19.7 Å². The molecule has 1 saturated heterocycles. The zero-order chi connectivity index (χ0) is 11.4. The highest BCUT2D eigenvalue weighted by molar-refractivity contribution is 4.89. The first kappa shape index (κ1) is 12.9. The molecule has 15 heavy (non-hydrogen) atoms. The van der Waals surface area contributed by atoms with Gasteiger partial charge in [0.15, 0.2) is 0 Å². The van der Waals surface area contributed by atoms with E-state index >= 15 is 0 Å². The van der Waals surface area contributed by atoms with Crippen LogP contribution in [0.1, 0.15) is 20.3 Å². The third kappa shape index (κ3) is 2.69. The maximum atomic E-state index is 10.1. The summed E-state index contributed by atoms with van der Waals surface area (Å²) >= 11 is 0. The Hall–Kier alpha value is -0.160. The van der Waals surface area contributed by atoms with Crippen molar-refractivity contribution in [3.05, 3.63) is 0 Å². The second-order valence-electron chi connectivity index (χ2n) is 4.27. The van der Waals surface area contributed by atoms with E-state index in [1.807, 2.05) is 13.8 Å². The molecule has 0 amide bonds. The zero-order valence-corrected chi connectivity index (χ0v) is 9.72. The van der Waals surface area contributed by atoms with E-state index < -0.39 is 6.10 Å². The minimum atomic E-state index is -0.458. The molecule has 0 saturated carbocycles. The first-order chi connectivity index (χ1) is 7.15. The molecule has 0 bridgehead atoms. The maximum absolute atomic E-state index is 10.1. The number of hydrogen-bond donors (Lipinski definition) is 2. The Bertz CT molecular complexity index is 183. The molecule has 2 N–H and O–H groups in total. The normalized spacial score (nSPS) is 41.8. The second-order valence-corrected chi connectivity index (χ2v) is 4.27. The fourth-order valence-electron chi connectivity index (χ4n) is 2.32. The van der Waals surface area contributed by atoms with E-state index in [0.717, 1.165) is 6.42 Å². The van der Waals surface area contributed by atoms with E-state index in [4.69, 9.17) is 9.47 Å². The Balaban J connectivity index is 2.70. The van der Waals surface area contributed by atoms with Gasteiger partial charge in [-0.15, -0.1) is 0 Å². The minimum absolute atomic E-state index is 0.0326. The fraction of sp³-hybridized carbons (Fsp3) is 1.00. The smallest absolute Gasteiger partial charge is 0.0884 e. The lowest BCUT2D eigenvalue weighted by Crippen LogP contribution is -2.52. The van der Waals surface area contributed by atoms with Crippen LogP contribution in [0.3, 0.4) is 0 Å². The largest absolute Gasteiger partial charge is 0.394 e. The monoisotopic (exact) mass is 218 g/mol. The van der Waals surface area contributed by atoms with Crippen LogP contribution in [-0.4, -0.2) is 48.8 Å². The van der Waals surface area contributed by atoms with Crippen molar-refractivity contribution in [1.29, 1.82) is 0 Å². The summed E-state index contributed by atoms with van der Waals surface area (Å²) in [4.78, 5) is 0. The number of aliphatic hydroxyl groups is 2. The van der Waals surface area contributed by atoms with Gasteiger partial charge in [0.2, 0.25) is 0 Å². The maximum Gasteiger partial charge on any atom is 0.0884 e. The van der Waals surface area contributed by atoms with Crippen LogP contribution < -0.4 is 0 Å². The van der Waals surface area contributed by atoms with Gasteiger partial charge in [-0.3, -0.25) is 0 Å². The van der Waals surface area contributed by atoms with Gasteiger partial charge in [-0.2, -0.15) is 0 Å². The summed E-state index contributed by atoms with van der Waals surface area (Å²) in [5.41, 5.74) is 0. The van der Waals surface area contributed by atoms with Gasteiger partial charge in [0.25, 0.3) is 0 Å². The van der Waals surface area contributed by atoms with Crippen molar-refractivity contribution in [3.8, 4) is 0 Å². The van der Waals surface area contributed by atoms with Crippen molar-refractivity contribution in [2.24, 2.45) is 11.8 Å². The van der Waals surface area contributed by atoms with Gasteiger partial charge in [0, 0.05) is 18.9 Å². The van der Waals surface area contributed by atoms with E-state index in [1.54, 1.807) is 7.11 Å². The minimum Gasteiger partial charge on any atom is -0.394 e. The van der Waals surface area contributed by atoms with Gasteiger partial charge in [0.05, 0.1) is 31.5 Å². The molecule has 0 aromatic heterocycles. The lowest BCUT2D eigenvalue weighted by Gasteiger charge is -2.43. The summed E-state index contributed by atoms with van der Waals surface area (Å²) in [6.45, 7) is 4.37. The van der Waals surface area contributed by atoms with Crippen LogP contribution in [0.25, 0.3) is 0 Å². The van der Waals surface area contributed by atoms with E-state index in [9.17, 15) is 10.2 Å². The lowest BCUT2D eigenvalue weighted by molar-refractivity contribution is -0.189. The molecular formula is C11H22O4. The predicted octanol–water partition coefficient (Wildman–Crippen LogP) is 0.416. The van der Waals surface area contributed by atoms with Gasteiger partial charge in [-0.1, -0.05) is 13.8 Å². The molecule has 1 aliphatic heterocycles. The second kappa shape index (κ2) is 5.80. The molecule has 4 nitrogen and oxygen atoms in total. The Morgan fingerprint density at radius 3 is 2.47 bits per heavy atom. The highest BCUT2D eigenvalue weighted by Gasteiger charge is 2.41. The average Bonchev–Trinajstić information content (AvgIpc) is 2.25. The molecule has 5 unspecified atom stereocenters. The van der Waals surface area contributed by atoms with Crippen LogP contribution in [0, 0.1) is 11.8 Å². The van der Waals surface area contributed by atoms with E-state index in [1.165, 1.54) is 0 Å². The third-order valence-electron chi connectivity index (χ3n) is 3.33. The SMILES string of the molecule is CCC1OC(CO)C(COC)C(O)C1C. The molecule has 0 aliphatic carbocycles. The van der Waals surface area contributed by atoms with E-state index in [2.05, 4.69) is 0 Å². The van der Waals surface area contributed by atoms with Crippen LogP contribution in [0.2, 0.25) is 0 Å². The van der Waals surface area contributed by atoms with Gasteiger partial charge in [0.1, 0.15) is 0 Å². The first-order valence-electron chi connectivity index (χ1n) is 5.59. The molecule has 1 aliphatic rings. The van der Waals surface area contributed by atoms with Crippen LogP contribution in [-0.2, 0) is 9.47 Å². The Morgan fingerprint density at radius 2 is 2.00 bits per heavy atom. The number of hydrogen-bond acceptors (Lipinski definition) is 4. The molecule has 1 heterocycles. The summed E-state index contributed by atoms with van der Waals surface area (Å²) in [6, 6.07) is 0. The van der Waals surface area contributed by atoms with Crippen molar-refractivity contribution in [2.75, 3.05) is 20.3 Å². The number of ether oxygens (including phenoxy) is 2. The Kier molecular flexibility index (Phi) is 4.99. The third-order valence-corrected chi connectivity index (χ3v) is 3.33. The van der Waals surface area contributed by atoms with Gasteiger partial charge in [-0.25, -0.2) is 0 Å². The molecule has 1 fully saturated rings. The summed E-state index contributed by atoms with van der Waals surface area (Å²) in [7, 11) is 1.59. The lowest BCUT2D eigenvalue weighted by atomic mass is 9.81. The number of rotatable bonds is 4. The topological polar surface area (TPSA) is 58.9 Å². The molecule has 0 aromatic rings. The molecule has 0 radical (unpaired) electrons. The van der Waals surface area contributed by atoms with Crippen LogP contribution in [0.15, 0.2) is 0 Å². The Labute approximate surface area is 91.2 Å². The molecule has 0 aromatic carbocycles. The van der Waals surface area contributed by atoms with Gasteiger partial charge in [-0.05, 0) is 6.42 Å². The summed E-state index contributed by atoms with van der Waals surface area (Å²) in [5, 5.41) is 19.3. The van der Waals surface area contributed by atoms with Gasteiger partial charge < -0.3 is 19.7 Å². The molecule has 90 valence electrons. The highest BCUT2D eigenvalue weighted by atomic mass is 16.5. The van der Waals surface area contributed by atoms with Crippen LogP contribution in [0.5, 0.6) is 0 Å². The molecular weight excluding hydrogens is 196 g/mol. The van der Waals surface area contributed by atoms with E-state index in [-0.39, 0.29) is 30.7 Å². The molecule has 5 atom stereocenters. The van der Waals surface area contributed by atoms with Crippen molar-refractivity contribution in [2.45, 2.75) is 38.6 Å². The van der Waals surface area contributed by atoms with Crippen LogP contribution >= 0.6 is 0 Å². The van der Waals surface area contributed by atoms with Crippen molar-refractivity contribution >= 4 is 0 Å². The van der Waals surface area contributed by atoms with Gasteiger partial charge >= 0.3 is 0 Å². The molecule has 0 spiro atoms. The fourth-order valence-corrected chi connectivity index (χ4v) is 2.32. The summed E-state index contributed by atoms with van der Waals surface area (Å²) < 4.78 is 10.8. The predicted molar refractivity (Wildman–Crippen MR) is 56.6 cm³/mol. The summed E-state index contributed by atoms with van der Waals surface area (Å²) in [5.74, 6) is -0.0317. The standard InChI is InChI=1S/C11H22O4/c1-4-9-7(2)11(13)8(6-14-3)10(5-12)15-9/h7-13H,4-6H2,1-3H3. The zero-order valence-electron chi connectivity index (χ0n) is 9.72. The Morgan fingerprint density at radius 1 is 1.33 bits per heavy atom. The summed E-state index contributed by atoms with van der Waals surface area (Å²) in [6.07, 6.45) is 0.126. The molecule has 4 heteroatoms. The average molecular weight is 218 g/mol. The molecule has 1 rings (SSSR count). The van der Waals surface area contributed by atoms with E-state index in [0.29, 0.717) is 6.61 Å². The number of aliphatic hydroxyl groups excluding tert-OH is 2. The number of methoxy groups -OCH3 is 1. The van der Waals surface area contributed by atoms with Crippen molar-refractivity contribution in [3.63, 3.8) is 0 Å². The van der Waals surface area contributed by atoms with Crippen LogP contribution in [0.4, 0.5) is 0 Å².